The van der Waals surface area contributed by atoms with E-state index in [-0.39, 0.29) is 11.9 Å². The molecule has 0 aliphatic carbocycles. The van der Waals surface area contributed by atoms with Crippen LogP contribution in [0.1, 0.15) is 47.8 Å². The highest BCUT2D eigenvalue weighted by Gasteiger charge is 2.20. The third kappa shape index (κ3) is 6.78. The second-order valence-electron chi connectivity index (χ2n) is 8.73. The lowest BCUT2D eigenvalue weighted by molar-refractivity contribution is -0.114. The van der Waals surface area contributed by atoms with Gasteiger partial charge in [0.05, 0.1) is 6.10 Å². The molecule has 0 saturated carbocycles. The van der Waals surface area contributed by atoms with Crippen LogP contribution in [0.4, 0.5) is 5.69 Å². The third-order valence-electron chi connectivity index (χ3n) is 5.87. The number of nitrogens with zero attached hydrogens (tertiary/aromatic N) is 1. The van der Waals surface area contributed by atoms with Crippen molar-refractivity contribution >= 4 is 11.6 Å². The molecule has 0 aliphatic heterocycles. The van der Waals surface area contributed by atoms with E-state index in [9.17, 15) is 9.90 Å². The first-order valence-electron chi connectivity index (χ1n) is 11.2. The highest BCUT2D eigenvalue weighted by atomic mass is 16.3. The van der Waals surface area contributed by atoms with Crippen LogP contribution in [-0.2, 0) is 17.8 Å². The molecule has 0 bridgehead atoms. The lowest BCUT2D eigenvalue weighted by atomic mass is 10.0. The predicted octanol–water partition coefficient (Wildman–Crippen LogP) is 5.43. The van der Waals surface area contributed by atoms with Crippen molar-refractivity contribution in [3.05, 3.63) is 101 Å². The van der Waals surface area contributed by atoms with Crippen LogP contribution < -0.4 is 5.32 Å². The molecule has 0 spiro atoms. The highest BCUT2D eigenvalue weighted by molar-refractivity contribution is 5.89. The lowest BCUT2D eigenvalue weighted by Gasteiger charge is -2.31. The van der Waals surface area contributed by atoms with Crippen LogP contribution in [0.2, 0.25) is 0 Å². The summed E-state index contributed by atoms with van der Waals surface area (Å²) >= 11 is 0. The Morgan fingerprint density at radius 2 is 1.66 bits per heavy atom. The van der Waals surface area contributed by atoms with Gasteiger partial charge in [-0.2, -0.15) is 0 Å². The Balaban J connectivity index is 1.79. The van der Waals surface area contributed by atoms with Crippen molar-refractivity contribution in [1.82, 2.24) is 4.90 Å². The molecule has 168 valence electrons. The van der Waals surface area contributed by atoms with E-state index < -0.39 is 6.10 Å². The second kappa shape index (κ2) is 11.1. The molecule has 3 rings (SSSR count). The maximum Gasteiger partial charge on any atom is 0.221 e. The molecule has 0 radical (unpaired) electrons. The minimum atomic E-state index is -0.660. The predicted molar refractivity (Wildman–Crippen MR) is 132 cm³/mol. The van der Waals surface area contributed by atoms with Gasteiger partial charge < -0.3 is 10.4 Å². The average Bonchev–Trinajstić information content (AvgIpc) is 2.76. The van der Waals surface area contributed by atoms with Crippen LogP contribution in [0, 0.1) is 13.8 Å². The van der Waals surface area contributed by atoms with Crippen LogP contribution >= 0.6 is 0 Å². The van der Waals surface area contributed by atoms with Crippen LogP contribution in [-0.4, -0.2) is 28.5 Å². The monoisotopic (exact) mass is 430 g/mol. The van der Waals surface area contributed by atoms with E-state index in [1.165, 1.54) is 23.6 Å². The molecular formula is C28H34N2O2. The number of carbonyl (C=O) groups excluding carboxylic acids is 1. The minimum Gasteiger partial charge on any atom is -0.387 e. The van der Waals surface area contributed by atoms with Gasteiger partial charge in [-0.05, 0) is 55.5 Å². The van der Waals surface area contributed by atoms with Crippen LogP contribution in [0.15, 0.2) is 72.8 Å². The number of anilines is 1. The molecule has 3 aromatic carbocycles. The zero-order valence-electron chi connectivity index (χ0n) is 19.5. The maximum atomic E-state index is 11.5. The Labute approximate surface area is 191 Å². The van der Waals surface area contributed by atoms with Gasteiger partial charge >= 0.3 is 0 Å². The fraction of sp³-hybridized carbons (Fsp3) is 0.321. The summed E-state index contributed by atoms with van der Waals surface area (Å²) in [7, 11) is 0. The molecule has 32 heavy (non-hydrogen) atoms. The minimum absolute atomic E-state index is 0.114. The molecule has 0 fully saturated rings. The first-order chi connectivity index (χ1) is 15.3. The van der Waals surface area contributed by atoms with Crippen LogP contribution in [0.3, 0.4) is 0 Å². The number of aliphatic hydroxyl groups excluding tert-OH is 1. The summed E-state index contributed by atoms with van der Waals surface area (Å²) in [6, 6.07) is 25.0. The molecule has 4 nitrogen and oxygen atoms in total. The SMILES string of the molecule is CC(=O)Nc1cc([C@H](O)CN(Cc2ccccc2)[C@H](C)Cc2ccc(C)cc2)ccc1C. The number of hydrogen-bond acceptors (Lipinski definition) is 3. The van der Waals surface area contributed by atoms with Crippen molar-refractivity contribution < 1.29 is 9.90 Å². The average molecular weight is 431 g/mol. The molecule has 0 aliphatic rings. The number of aryl methyl sites for hydroxylation is 2. The molecule has 1 amide bonds. The largest absolute Gasteiger partial charge is 0.387 e. The number of benzene rings is 3. The van der Waals surface area contributed by atoms with Crippen molar-refractivity contribution in [1.29, 1.82) is 0 Å². The first-order valence-corrected chi connectivity index (χ1v) is 11.2. The third-order valence-corrected chi connectivity index (χ3v) is 5.87. The van der Waals surface area contributed by atoms with Crippen molar-refractivity contribution in [2.75, 3.05) is 11.9 Å². The van der Waals surface area contributed by atoms with Gasteiger partial charge in [0.15, 0.2) is 0 Å². The maximum absolute atomic E-state index is 11.5. The van der Waals surface area contributed by atoms with Gasteiger partial charge in [0.2, 0.25) is 5.91 Å². The normalized spacial score (nSPS) is 13.1. The first kappa shape index (κ1) is 23.7. The fourth-order valence-corrected chi connectivity index (χ4v) is 3.91. The summed E-state index contributed by atoms with van der Waals surface area (Å²) in [6.07, 6.45) is 0.248. The van der Waals surface area contributed by atoms with Gasteiger partial charge in [0, 0.05) is 31.7 Å². The number of aliphatic hydroxyl groups is 1. The van der Waals surface area contributed by atoms with Gasteiger partial charge in [-0.3, -0.25) is 9.69 Å². The van der Waals surface area contributed by atoms with Crippen molar-refractivity contribution in [3.63, 3.8) is 0 Å². The summed E-state index contributed by atoms with van der Waals surface area (Å²) in [5.74, 6) is -0.114. The van der Waals surface area contributed by atoms with Gasteiger partial charge in [0.1, 0.15) is 0 Å². The zero-order chi connectivity index (χ0) is 23.1. The number of nitrogens with one attached hydrogen (secondary N) is 1. The van der Waals surface area contributed by atoms with E-state index in [1.807, 2.05) is 43.3 Å². The Morgan fingerprint density at radius 3 is 2.31 bits per heavy atom. The number of carbonyl (C=O) groups is 1. The quantitative estimate of drug-likeness (QED) is 0.476. The van der Waals surface area contributed by atoms with E-state index in [0.29, 0.717) is 6.54 Å². The topological polar surface area (TPSA) is 52.6 Å². The van der Waals surface area contributed by atoms with Crippen molar-refractivity contribution in [2.45, 2.75) is 52.8 Å². The molecule has 0 heterocycles. The smallest absolute Gasteiger partial charge is 0.221 e. The highest BCUT2D eigenvalue weighted by Crippen LogP contribution is 2.24. The standard InChI is InChI=1S/C28H34N2O2/c1-20-10-13-24(14-11-20)16-22(3)30(18-25-8-6-5-7-9-25)19-28(32)26-15-12-21(2)27(17-26)29-23(4)31/h5-15,17,22,28,32H,16,18-19H2,1-4H3,(H,29,31)/t22-,28-/m1/s1. The number of hydrogen-bond donors (Lipinski definition) is 2. The molecule has 0 unspecified atom stereocenters. The summed E-state index contributed by atoms with van der Waals surface area (Å²) in [5.41, 5.74) is 6.30. The summed E-state index contributed by atoms with van der Waals surface area (Å²) in [5, 5.41) is 14.0. The Morgan fingerprint density at radius 1 is 0.969 bits per heavy atom. The van der Waals surface area contributed by atoms with E-state index in [2.05, 4.69) is 60.5 Å². The fourth-order valence-electron chi connectivity index (χ4n) is 3.91. The van der Waals surface area contributed by atoms with E-state index >= 15 is 0 Å². The van der Waals surface area contributed by atoms with Crippen LogP contribution in [0.5, 0.6) is 0 Å². The lowest BCUT2D eigenvalue weighted by Crippen LogP contribution is -2.37. The Bertz CT molecular complexity index is 1020. The molecule has 0 saturated heterocycles. The Hall–Kier alpha value is -2.95. The molecule has 0 aromatic heterocycles. The molecule has 4 heteroatoms. The Kier molecular flexibility index (Phi) is 8.20. The number of amides is 1. The van der Waals surface area contributed by atoms with E-state index in [1.54, 1.807) is 0 Å². The molecular weight excluding hydrogens is 396 g/mol. The molecule has 3 aromatic rings. The van der Waals surface area contributed by atoms with Gasteiger partial charge in [-0.25, -0.2) is 0 Å². The molecule has 2 N–H and O–H groups in total. The molecule has 2 atom stereocenters. The van der Waals surface area contributed by atoms with Crippen molar-refractivity contribution in [2.24, 2.45) is 0 Å². The second-order valence-corrected chi connectivity index (χ2v) is 8.73. The summed E-state index contributed by atoms with van der Waals surface area (Å²) < 4.78 is 0. The van der Waals surface area contributed by atoms with Gasteiger partial charge in [-0.1, -0.05) is 72.3 Å². The van der Waals surface area contributed by atoms with Gasteiger partial charge in [-0.15, -0.1) is 0 Å². The zero-order valence-corrected chi connectivity index (χ0v) is 19.5. The van der Waals surface area contributed by atoms with Crippen molar-refractivity contribution in [3.8, 4) is 0 Å². The van der Waals surface area contributed by atoms with E-state index in [0.717, 1.165) is 29.8 Å². The summed E-state index contributed by atoms with van der Waals surface area (Å²) in [6.45, 7) is 9.03. The summed E-state index contributed by atoms with van der Waals surface area (Å²) in [4.78, 5) is 13.9. The van der Waals surface area contributed by atoms with Crippen LogP contribution in [0.25, 0.3) is 0 Å². The number of rotatable bonds is 9. The van der Waals surface area contributed by atoms with Gasteiger partial charge in [0.25, 0.3) is 0 Å². The van der Waals surface area contributed by atoms with E-state index in [4.69, 9.17) is 0 Å².